The fourth-order valence-corrected chi connectivity index (χ4v) is 3.24. The van der Waals surface area contributed by atoms with Crippen LogP contribution in [-0.4, -0.2) is 32.2 Å². The normalized spacial score (nSPS) is 22.6. The molecule has 0 saturated heterocycles. The molecule has 1 fully saturated rings. The second kappa shape index (κ2) is 4.16. The Hall–Kier alpha value is -1.22. The fraction of sp³-hybridized carbons (Fsp3) is 0.600. The molecule has 0 radical (unpaired) electrons. The molecule has 3 nitrogen and oxygen atoms in total. The second-order valence-electron chi connectivity index (χ2n) is 5.90. The minimum Gasteiger partial charge on any atom is -0.371 e. The molecule has 3 rings (SSSR count). The first kappa shape index (κ1) is 11.8. The van der Waals surface area contributed by atoms with Gasteiger partial charge in [-0.3, -0.25) is 0 Å². The fourth-order valence-electron chi connectivity index (χ4n) is 3.24. The number of para-hydroxylation sites is 2. The molecular weight excluding hydrogens is 222 g/mol. The van der Waals surface area contributed by atoms with Crippen molar-refractivity contribution in [3.05, 3.63) is 24.3 Å². The van der Waals surface area contributed by atoms with Gasteiger partial charge >= 0.3 is 0 Å². The molecule has 1 aromatic carbocycles. The van der Waals surface area contributed by atoms with Crippen molar-refractivity contribution in [1.82, 2.24) is 0 Å². The van der Waals surface area contributed by atoms with Crippen molar-refractivity contribution >= 4 is 11.4 Å². The van der Waals surface area contributed by atoms with Gasteiger partial charge in [-0.25, -0.2) is 0 Å². The number of rotatable bonds is 3. The predicted molar refractivity (Wildman–Crippen MR) is 77.2 cm³/mol. The topological polar surface area (TPSA) is 32.5 Å². The molecular formula is C15H23N3. The van der Waals surface area contributed by atoms with Crippen LogP contribution < -0.4 is 15.5 Å². The Morgan fingerprint density at radius 1 is 1.22 bits per heavy atom. The van der Waals surface area contributed by atoms with Crippen molar-refractivity contribution in [2.24, 2.45) is 11.7 Å². The first-order valence-electron chi connectivity index (χ1n) is 6.94. The minimum atomic E-state index is 0.136. The average molecular weight is 245 g/mol. The largest absolute Gasteiger partial charge is 0.371 e. The van der Waals surface area contributed by atoms with Crippen LogP contribution in [0.3, 0.4) is 0 Å². The van der Waals surface area contributed by atoms with Gasteiger partial charge in [-0.15, -0.1) is 0 Å². The van der Waals surface area contributed by atoms with Crippen LogP contribution in [-0.2, 0) is 0 Å². The van der Waals surface area contributed by atoms with Crippen LogP contribution in [0.1, 0.15) is 19.8 Å². The molecule has 1 aliphatic heterocycles. The number of benzene rings is 1. The van der Waals surface area contributed by atoms with E-state index in [4.69, 9.17) is 5.73 Å². The lowest BCUT2D eigenvalue weighted by atomic mass is 9.91. The van der Waals surface area contributed by atoms with Crippen molar-refractivity contribution in [2.45, 2.75) is 25.3 Å². The molecule has 98 valence electrons. The number of nitrogens with zero attached hydrogens (tertiary/aromatic N) is 2. The Morgan fingerprint density at radius 2 is 1.89 bits per heavy atom. The van der Waals surface area contributed by atoms with E-state index < -0.39 is 0 Å². The maximum Gasteiger partial charge on any atom is 0.0609 e. The van der Waals surface area contributed by atoms with Gasteiger partial charge in [0.15, 0.2) is 0 Å². The highest BCUT2D eigenvalue weighted by Crippen LogP contribution is 2.46. The monoisotopic (exact) mass is 245 g/mol. The summed E-state index contributed by atoms with van der Waals surface area (Å²) in [6, 6.07) is 8.71. The Kier molecular flexibility index (Phi) is 2.74. The maximum absolute atomic E-state index is 6.12. The van der Waals surface area contributed by atoms with Gasteiger partial charge in [0, 0.05) is 26.7 Å². The number of likely N-dealkylation sites (N-methyl/N-ethyl adjacent to an activating group) is 1. The third-order valence-corrected chi connectivity index (χ3v) is 4.73. The van der Waals surface area contributed by atoms with E-state index in [1.165, 1.54) is 24.2 Å². The molecule has 1 unspecified atom stereocenters. The Balaban J connectivity index is 2.01. The molecule has 1 atom stereocenters. The highest BCUT2D eigenvalue weighted by atomic mass is 15.3. The second-order valence-corrected chi connectivity index (χ2v) is 5.90. The molecule has 0 aromatic heterocycles. The zero-order valence-electron chi connectivity index (χ0n) is 11.4. The summed E-state index contributed by atoms with van der Waals surface area (Å²) in [5.41, 5.74) is 8.94. The van der Waals surface area contributed by atoms with Crippen LogP contribution in [0.5, 0.6) is 0 Å². The Morgan fingerprint density at radius 3 is 2.50 bits per heavy atom. The molecule has 1 heterocycles. The van der Waals surface area contributed by atoms with E-state index >= 15 is 0 Å². The van der Waals surface area contributed by atoms with Gasteiger partial charge in [-0.1, -0.05) is 12.1 Å². The Bertz CT molecular complexity index is 441. The molecule has 0 amide bonds. The van der Waals surface area contributed by atoms with Crippen LogP contribution >= 0.6 is 0 Å². The van der Waals surface area contributed by atoms with Crippen LogP contribution in [0.2, 0.25) is 0 Å². The molecule has 3 heteroatoms. The van der Waals surface area contributed by atoms with E-state index in [1.807, 2.05) is 0 Å². The van der Waals surface area contributed by atoms with E-state index in [-0.39, 0.29) is 5.54 Å². The summed E-state index contributed by atoms with van der Waals surface area (Å²) >= 11 is 0. The molecule has 1 aliphatic carbocycles. The highest BCUT2D eigenvalue weighted by molar-refractivity contribution is 5.74. The van der Waals surface area contributed by atoms with Crippen molar-refractivity contribution in [3.8, 4) is 0 Å². The van der Waals surface area contributed by atoms with E-state index in [2.05, 4.69) is 48.0 Å². The van der Waals surface area contributed by atoms with Gasteiger partial charge in [0.05, 0.1) is 16.9 Å². The highest BCUT2D eigenvalue weighted by Gasteiger charge is 2.46. The Labute approximate surface area is 110 Å². The van der Waals surface area contributed by atoms with Gasteiger partial charge in [-0.05, 0) is 37.8 Å². The number of hydrogen-bond donors (Lipinski definition) is 1. The molecule has 0 bridgehead atoms. The average Bonchev–Trinajstić information content (AvgIpc) is 3.23. The zero-order valence-corrected chi connectivity index (χ0v) is 11.4. The number of fused-ring (bicyclic) bond motifs is 1. The predicted octanol–water partition coefficient (Wildman–Crippen LogP) is 2.07. The summed E-state index contributed by atoms with van der Waals surface area (Å²) in [6.45, 7) is 5.25. The van der Waals surface area contributed by atoms with E-state index in [0.717, 1.165) is 25.6 Å². The third-order valence-electron chi connectivity index (χ3n) is 4.73. The van der Waals surface area contributed by atoms with Crippen molar-refractivity contribution in [3.63, 3.8) is 0 Å². The lowest BCUT2D eigenvalue weighted by Crippen LogP contribution is -2.57. The van der Waals surface area contributed by atoms with E-state index in [1.54, 1.807) is 0 Å². The molecule has 2 aliphatic rings. The van der Waals surface area contributed by atoms with Crippen LogP contribution in [0.4, 0.5) is 11.4 Å². The van der Waals surface area contributed by atoms with Crippen LogP contribution in [0, 0.1) is 5.92 Å². The standard InChI is InChI=1S/C15H23N3/c1-15(11-16,12-7-8-12)18-10-9-17(2)13-5-3-4-6-14(13)18/h3-6,12H,7-11,16H2,1-2H3. The van der Waals surface area contributed by atoms with Gasteiger partial charge in [0.1, 0.15) is 0 Å². The summed E-state index contributed by atoms with van der Waals surface area (Å²) in [5.74, 6) is 0.777. The summed E-state index contributed by atoms with van der Waals surface area (Å²) < 4.78 is 0. The van der Waals surface area contributed by atoms with Crippen molar-refractivity contribution in [2.75, 3.05) is 36.5 Å². The van der Waals surface area contributed by atoms with Crippen LogP contribution in [0.15, 0.2) is 24.3 Å². The number of anilines is 2. The van der Waals surface area contributed by atoms with Crippen molar-refractivity contribution < 1.29 is 0 Å². The van der Waals surface area contributed by atoms with Crippen molar-refractivity contribution in [1.29, 1.82) is 0 Å². The number of hydrogen-bond acceptors (Lipinski definition) is 3. The summed E-state index contributed by atoms with van der Waals surface area (Å²) in [7, 11) is 2.17. The first-order chi connectivity index (χ1) is 8.66. The minimum absolute atomic E-state index is 0.136. The number of nitrogens with two attached hydrogens (primary N) is 1. The molecule has 1 aromatic rings. The van der Waals surface area contributed by atoms with Crippen LogP contribution in [0.25, 0.3) is 0 Å². The zero-order chi connectivity index (χ0) is 12.8. The summed E-state index contributed by atoms with van der Waals surface area (Å²) in [5, 5.41) is 0. The quantitative estimate of drug-likeness (QED) is 0.885. The lowest BCUT2D eigenvalue weighted by Gasteiger charge is -2.48. The maximum atomic E-state index is 6.12. The molecule has 0 spiro atoms. The first-order valence-corrected chi connectivity index (χ1v) is 6.94. The van der Waals surface area contributed by atoms with Gasteiger partial charge in [-0.2, -0.15) is 0 Å². The summed E-state index contributed by atoms with van der Waals surface area (Å²) in [4.78, 5) is 4.90. The SMILES string of the molecule is CN1CCN(C(C)(CN)C2CC2)c2ccccc21. The third kappa shape index (κ3) is 1.69. The molecule has 2 N–H and O–H groups in total. The molecule has 1 saturated carbocycles. The molecule has 18 heavy (non-hydrogen) atoms. The van der Waals surface area contributed by atoms with Gasteiger partial charge in [0.25, 0.3) is 0 Å². The lowest BCUT2D eigenvalue weighted by molar-refractivity contribution is 0.376. The van der Waals surface area contributed by atoms with Gasteiger partial charge < -0.3 is 15.5 Å². The smallest absolute Gasteiger partial charge is 0.0609 e. The summed E-state index contributed by atoms with van der Waals surface area (Å²) in [6.07, 6.45) is 2.67. The van der Waals surface area contributed by atoms with Gasteiger partial charge in [0.2, 0.25) is 0 Å². The van der Waals surface area contributed by atoms with E-state index in [0.29, 0.717) is 0 Å². The van der Waals surface area contributed by atoms with E-state index in [9.17, 15) is 0 Å².